The van der Waals surface area contributed by atoms with E-state index in [2.05, 4.69) is 10.4 Å². The molecular formula is C9H18N4. The van der Waals surface area contributed by atoms with Crippen molar-refractivity contribution in [1.82, 2.24) is 15.1 Å². The Morgan fingerprint density at radius 1 is 1.54 bits per heavy atom. The average Bonchev–Trinajstić information content (AvgIpc) is 2.51. The Balaban J connectivity index is 2.06. The number of hydrogen-bond donors (Lipinski definition) is 2. The minimum atomic E-state index is 0.758. The van der Waals surface area contributed by atoms with Gasteiger partial charge in [-0.15, -0.1) is 0 Å². The van der Waals surface area contributed by atoms with Crippen molar-refractivity contribution in [3.05, 3.63) is 18.0 Å². The molecule has 0 fully saturated rings. The predicted octanol–water partition coefficient (Wildman–Crippen LogP) is 0.130. The van der Waals surface area contributed by atoms with Crippen LogP contribution in [0.5, 0.6) is 0 Å². The molecule has 0 radical (unpaired) electrons. The summed E-state index contributed by atoms with van der Waals surface area (Å²) in [6.45, 7) is 5.69. The van der Waals surface area contributed by atoms with Crippen molar-refractivity contribution < 1.29 is 0 Å². The van der Waals surface area contributed by atoms with E-state index in [0.717, 1.165) is 32.6 Å². The number of nitrogens with two attached hydrogens (primary N) is 1. The van der Waals surface area contributed by atoms with Crippen LogP contribution in [-0.4, -0.2) is 29.4 Å². The van der Waals surface area contributed by atoms with Crippen LogP contribution in [-0.2, 0) is 6.54 Å². The molecule has 0 atom stereocenters. The fourth-order valence-corrected chi connectivity index (χ4v) is 1.13. The molecule has 0 amide bonds. The van der Waals surface area contributed by atoms with Gasteiger partial charge in [0.2, 0.25) is 0 Å². The standard InChI is InChI=1S/C9H18N4/c1-9-7-12-13(8-9)6-5-11-4-2-3-10/h7-8,11H,2-6,10H2,1H3. The first-order valence-corrected chi connectivity index (χ1v) is 4.73. The van der Waals surface area contributed by atoms with Gasteiger partial charge in [-0.2, -0.15) is 5.10 Å². The van der Waals surface area contributed by atoms with Crippen molar-refractivity contribution in [2.45, 2.75) is 19.9 Å². The summed E-state index contributed by atoms with van der Waals surface area (Å²) in [6.07, 6.45) is 4.96. The highest BCUT2D eigenvalue weighted by molar-refractivity contribution is 4.99. The molecule has 0 spiro atoms. The highest BCUT2D eigenvalue weighted by atomic mass is 15.3. The van der Waals surface area contributed by atoms with Crippen molar-refractivity contribution in [1.29, 1.82) is 0 Å². The molecule has 74 valence electrons. The third kappa shape index (κ3) is 4.05. The highest BCUT2D eigenvalue weighted by Gasteiger charge is 1.92. The van der Waals surface area contributed by atoms with Gasteiger partial charge in [-0.3, -0.25) is 4.68 Å². The van der Waals surface area contributed by atoms with Gasteiger partial charge < -0.3 is 11.1 Å². The summed E-state index contributed by atoms with van der Waals surface area (Å²) in [4.78, 5) is 0. The molecular weight excluding hydrogens is 164 g/mol. The predicted molar refractivity (Wildman–Crippen MR) is 53.5 cm³/mol. The molecule has 0 aliphatic heterocycles. The average molecular weight is 182 g/mol. The van der Waals surface area contributed by atoms with Gasteiger partial charge in [0.15, 0.2) is 0 Å². The van der Waals surface area contributed by atoms with Crippen LogP contribution in [0.15, 0.2) is 12.4 Å². The second kappa shape index (κ2) is 5.72. The van der Waals surface area contributed by atoms with Gasteiger partial charge in [0.05, 0.1) is 12.7 Å². The first kappa shape index (κ1) is 10.2. The number of aryl methyl sites for hydroxylation is 1. The fourth-order valence-electron chi connectivity index (χ4n) is 1.13. The second-order valence-electron chi connectivity index (χ2n) is 3.17. The van der Waals surface area contributed by atoms with Gasteiger partial charge in [-0.05, 0) is 32.0 Å². The van der Waals surface area contributed by atoms with Gasteiger partial charge in [-0.25, -0.2) is 0 Å². The number of rotatable bonds is 6. The summed E-state index contributed by atoms with van der Waals surface area (Å²) in [6, 6.07) is 0. The molecule has 0 bridgehead atoms. The summed E-state index contributed by atoms with van der Waals surface area (Å²) in [5.74, 6) is 0. The van der Waals surface area contributed by atoms with Crippen molar-refractivity contribution in [3.63, 3.8) is 0 Å². The zero-order valence-corrected chi connectivity index (χ0v) is 8.16. The zero-order chi connectivity index (χ0) is 9.52. The normalized spacial score (nSPS) is 10.6. The summed E-state index contributed by atoms with van der Waals surface area (Å²) >= 11 is 0. The SMILES string of the molecule is Cc1cnn(CCNCCCN)c1. The zero-order valence-electron chi connectivity index (χ0n) is 8.16. The van der Waals surface area contributed by atoms with E-state index in [9.17, 15) is 0 Å². The van der Waals surface area contributed by atoms with Crippen LogP contribution in [0.3, 0.4) is 0 Å². The molecule has 1 rings (SSSR count). The molecule has 4 heteroatoms. The van der Waals surface area contributed by atoms with Crippen molar-refractivity contribution in [2.24, 2.45) is 5.73 Å². The second-order valence-corrected chi connectivity index (χ2v) is 3.17. The Hall–Kier alpha value is -0.870. The lowest BCUT2D eigenvalue weighted by Gasteiger charge is -2.03. The Morgan fingerprint density at radius 2 is 2.38 bits per heavy atom. The molecule has 0 saturated heterocycles. The quantitative estimate of drug-likeness (QED) is 0.615. The van der Waals surface area contributed by atoms with E-state index in [4.69, 9.17) is 5.73 Å². The van der Waals surface area contributed by atoms with Crippen LogP contribution < -0.4 is 11.1 Å². The first-order chi connectivity index (χ1) is 6.33. The summed E-state index contributed by atoms with van der Waals surface area (Å²) in [5, 5.41) is 7.49. The lowest BCUT2D eigenvalue weighted by atomic mass is 10.4. The molecule has 13 heavy (non-hydrogen) atoms. The maximum Gasteiger partial charge on any atom is 0.0534 e. The van der Waals surface area contributed by atoms with Gasteiger partial charge in [-0.1, -0.05) is 0 Å². The maximum absolute atomic E-state index is 5.37. The molecule has 1 heterocycles. The molecule has 0 aliphatic carbocycles. The third-order valence-electron chi connectivity index (χ3n) is 1.84. The molecule has 4 nitrogen and oxygen atoms in total. The van der Waals surface area contributed by atoms with E-state index in [-0.39, 0.29) is 0 Å². The van der Waals surface area contributed by atoms with Crippen molar-refractivity contribution >= 4 is 0 Å². The van der Waals surface area contributed by atoms with E-state index in [1.165, 1.54) is 5.56 Å². The lowest BCUT2D eigenvalue weighted by Crippen LogP contribution is -2.22. The summed E-state index contributed by atoms with van der Waals surface area (Å²) < 4.78 is 1.95. The largest absolute Gasteiger partial charge is 0.330 e. The summed E-state index contributed by atoms with van der Waals surface area (Å²) in [7, 11) is 0. The molecule has 3 N–H and O–H groups in total. The number of hydrogen-bond acceptors (Lipinski definition) is 3. The Kier molecular flexibility index (Phi) is 4.49. The minimum Gasteiger partial charge on any atom is -0.330 e. The maximum atomic E-state index is 5.37. The summed E-state index contributed by atoms with van der Waals surface area (Å²) in [5.41, 5.74) is 6.58. The topological polar surface area (TPSA) is 55.9 Å². The molecule has 1 aromatic rings. The highest BCUT2D eigenvalue weighted by Crippen LogP contribution is 1.92. The van der Waals surface area contributed by atoms with Crippen molar-refractivity contribution in [2.75, 3.05) is 19.6 Å². The molecule has 0 aliphatic rings. The van der Waals surface area contributed by atoms with Gasteiger partial charge in [0, 0.05) is 12.7 Å². The van der Waals surface area contributed by atoms with Crippen LogP contribution in [0.25, 0.3) is 0 Å². The molecule has 0 aromatic carbocycles. The third-order valence-corrected chi connectivity index (χ3v) is 1.84. The number of nitrogens with one attached hydrogen (secondary N) is 1. The van der Waals surface area contributed by atoms with Gasteiger partial charge in [0.1, 0.15) is 0 Å². The fraction of sp³-hybridized carbons (Fsp3) is 0.667. The first-order valence-electron chi connectivity index (χ1n) is 4.73. The van der Waals surface area contributed by atoms with E-state index in [0.29, 0.717) is 0 Å². The lowest BCUT2D eigenvalue weighted by molar-refractivity contribution is 0.549. The smallest absolute Gasteiger partial charge is 0.0534 e. The van der Waals surface area contributed by atoms with Crippen LogP contribution >= 0.6 is 0 Å². The van der Waals surface area contributed by atoms with E-state index in [1.54, 1.807) is 0 Å². The molecule has 0 unspecified atom stereocenters. The molecule has 0 saturated carbocycles. The van der Waals surface area contributed by atoms with Crippen LogP contribution in [0.1, 0.15) is 12.0 Å². The Labute approximate surface area is 79.1 Å². The number of nitrogens with zero attached hydrogens (tertiary/aromatic N) is 2. The van der Waals surface area contributed by atoms with E-state index < -0.39 is 0 Å². The Morgan fingerprint density at radius 3 is 3.00 bits per heavy atom. The van der Waals surface area contributed by atoms with E-state index in [1.807, 2.05) is 24.0 Å². The van der Waals surface area contributed by atoms with Gasteiger partial charge >= 0.3 is 0 Å². The minimum absolute atomic E-state index is 0.758. The van der Waals surface area contributed by atoms with Crippen LogP contribution in [0, 0.1) is 6.92 Å². The van der Waals surface area contributed by atoms with Crippen LogP contribution in [0.2, 0.25) is 0 Å². The Bertz CT molecular complexity index is 231. The number of aromatic nitrogens is 2. The molecule has 1 aromatic heterocycles. The van der Waals surface area contributed by atoms with Crippen LogP contribution in [0.4, 0.5) is 0 Å². The monoisotopic (exact) mass is 182 g/mol. The van der Waals surface area contributed by atoms with E-state index >= 15 is 0 Å². The van der Waals surface area contributed by atoms with Crippen molar-refractivity contribution in [3.8, 4) is 0 Å². The van der Waals surface area contributed by atoms with Gasteiger partial charge in [0.25, 0.3) is 0 Å².